The Morgan fingerprint density at radius 2 is 2.11 bits per heavy atom. The molecule has 1 fully saturated rings. The van der Waals surface area contributed by atoms with Gasteiger partial charge in [0.15, 0.2) is 0 Å². The van der Waals surface area contributed by atoms with Crippen molar-refractivity contribution >= 4 is 11.8 Å². The van der Waals surface area contributed by atoms with Crippen molar-refractivity contribution in [2.24, 2.45) is 17.3 Å². The van der Waals surface area contributed by atoms with Crippen LogP contribution in [0.3, 0.4) is 0 Å². The first-order chi connectivity index (χ1) is 8.84. The third kappa shape index (κ3) is 3.90. The van der Waals surface area contributed by atoms with Crippen molar-refractivity contribution in [3.8, 4) is 0 Å². The Bertz CT molecular complexity index is 359. The minimum Gasteiger partial charge on any atom is -0.462 e. The van der Waals surface area contributed by atoms with Gasteiger partial charge in [0.05, 0.1) is 0 Å². The van der Waals surface area contributed by atoms with E-state index in [4.69, 9.17) is 9.84 Å². The fourth-order valence-corrected chi connectivity index (χ4v) is 2.94. The molecule has 0 aromatic carbocycles. The van der Waals surface area contributed by atoms with E-state index in [1.165, 1.54) is 6.92 Å². The first-order valence-corrected chi connectivity index (χ1v) is 6.77. The molecule has 1 aliphatic carbocycles. The van der Waals surface area contributed by atoms with E-state index in [2.05, 4.69) is 20.4 Å². The van der Waals surface area contributed by atoms with Gasteiger partial charge in [-0.2, -0.15) is 0 Å². The van der Waals surface area contributed by atoms with Gasteiger partial charge in [-0.05, 0) is 17.8 Å². The van der Waals surface area contributed by atoms with Crippen LogP contribution in [0.15, 0.2) is 12.7 Å². The normalized spacial score (nSPS) is 25.5. The number of aliphatic hydroxyl groups excluding tert-OH is 1. The summed E-state index contributed by atoms with van der Waals surface area (Å²) in [5.41, 5.74) is 0.0269. The molecule has 0 saturated heterocycles. The summed E-state index contributed by atoms with van der Waals surface area (Å²) < 4.78 is 5.32. The summed E-state index contributed by atoms with van der Waals surface area (Å²) >= 11 is 0. The molecule has 0 amide bonds. The smallest absolute Gasteiger partial charge is 0.302 e. The summed E-state index contributed by atoms with van der Waals surface area (Å²) in [5.74, 6) is 0.116. The number of carbonyl (C=O) groups excluding carboxylic acids is 2. The predicted octanol–water partition coefficient (Wildman–Crippen LogP) is 2.11. The van der Waals surface area contributed by atoms with Crippen LogP contribution in [0.1, 0.15) is 40.0 Å². The van der Waals surface area contributed by atoms with Crippen molar-refractivity contribution in [3.05, 3.63) is 12.7 Å². The van der Waals surface area contributed by atoms with Gasteiger partial charge in [0.2, 0.25) is 0 Å². The molecular weight excluding hydrogens is 244 g/mol. The minimum absolute atomic E-state index is 0.00811. The first-order valence-electron chi connectivity index (χ1n) is 6.77. The summed E-state index contributed by atoms with van der Waals surface area (Å²) in [4.78, 5) is 23.0. The molecule has 1 N–H and O–H groups in total. The van der Waals surface area contributed by atoms with E-state index >= 15 is 0 Å². The number of ketones is 1. The Morgan fingerprint density at radius 3 is 2.53 bits per heavy atom. The van der Waals surface area contributed by atoms with Crippen LogP contribution in [0.2, 0.25) is 0 Å². The summed E-state index contributed by atoms with van der Waals surface area (Å²) in [6.45, 7) is 9.36. The summed E-state index contributed by atoms with van der Waals surface area (Å²) in [5, 5.41) is 8.73. The number of hydrogen-bond donors (Lipinski definition) is 1. The number of Topliss-reactive ketones (excluding diaryl/α,β-unsaturated/α-hetero) is 1. The lowest BCUT2D eigenvalue weighted by molar-refractivity contribution is -0.149. The van der Waals surface area contributed by atoms with Crippen LogP contribution < -0.4 is 0 Å². The molecule has 4 nitrogen and oxygen atoms in total. The lowest BCUT2D eigenvalue weighted by atomic mass is 10.00. The monoisotopic (exact) mass is 268 g/mol. The molecule has 0 spiro atoms. The van der Waals surface area contributed by atoms with Gasteiger partial charge in [0, 0.05) is 32.3 Å². The predicted molar refractivity (Wildman–Crippen MR) is 72.5 cm³/mol. The standard InChI is InChI=1S/C15H24O4/c1-5-12-14(15(12,3)4)13(19-10(2)17)9-11(18)7-6-8-16/h5,12-14,16H,1,6-9H2,2-4H3/t12-,13-,14-/m0/s1. The van der Waals surface area contributed by atoms with Crippen LogP contribution in [0, 0.1) is 17.3 Å². The van der Waals surface area contributed by atoms with Crippen molar-refractivity contribution in [2.75, 3.05) is 6.61 Å². The highest BCUT2D eigenvalue weighted by Crippen LogP contribution is 2.61. The minimum atomic E-state index is -0.373. The molecule has 4 heteroatoms. The zero-order valence-electron chi connectivity index (χ0n) is 12.0. The van der Waals surface area contributed by atoms with Crippen LogP contribution in [0.5, 0.6) is 0 Å². The quantitative estimate of drug-likeness (QED) is 0.541. The first kappa shape index (κ1) is 15.9. The highest BCUT2D eigenvalue weighted by molar-refractivity contribution is 5.79. The second kappa shape index (κ2) is 6.33. The van der Waals surface area contributed by atoms with Gasteiger partial charge in [0.1, 0.15) is 11.9 Å². The van der Waals surface area contributed by atoms with Gasteiger partial charge in [-0.15, -0.1) is 6.58 Å². The van der Waals surface area contributed by atoms with Gasteiger partial charge < -0.3 is 9.84 Å². The van der Waals surface area contributed by atoms with Crippen molar-refractivity contribution < 1.29 is 19.4 Å². The van der Waals surface area contributed by atoms with Gasteiger partial charge in [-0.3, -0.25) is 9.59 Å². The molecule has 19 heavy (non-hydrogen) atoms. The van der Waals surface area contributed by atoms with E-state index < -0.39 is 0 Å². The SMILES string of the molecule is C=C[C@H]1[C@@H]([C@H](CC(=O)CCCO)OC(C)=O)C1(C)C. The Kier molecular flexibility index (Phi) is 5.29. The third-order valence-electron chi connectivity index (χ3n) is 4.01. The molecule has 0 aromatic rings. The highest BCUT2D eigenvalue weighted by Gasteiger charge is 2.60. The fraction of sp³-hybridized carbons (Fsp3) is 0.733. The number of allylic oxidation sites excluding steroid dienone is 1. The van der Waals surface area contributed by atoms with Gasteiger partial charge in [0.25, 0.3) is 0 Å². The van der Waals surface area contributed by atoms with E-state index in [0.717, 1.165) is 0 Å². The number of aliphatic hydroxyl groups is 1. The lowest BCUT2D eigenvalue weighted by Gasteiger charge is -2.18. The molecular formula is C15H24O4. The van der Waals surface area contributed by atoms with Crippen molar-refractivity contribution in [3.63, 3.8) is 0 Å². The van der Waals surface area contributed by atoms with Crippen LogP contribution in [0.25, 0.3) is 0 Å². The van der Waals surface area contributed by atoms with Crippen LogP contribution in [-0.2, 0) is 14.3 Å². The van der Waals surface area contributed by atoms with Gasteiger partial charge in [-0.1, -0.05) is 19.9 Å². The largest absolute Gasteiger partial charge is 0.462 e. The maximum absolute atomic E-state index is 11.8. The van der Waals surface area contributed by atoms with Crippen molar-refractivity contribution in [1.82, 2.24) is 0 Å². The fourth-order valence-electron chi connectivity index (χ4n) is 2.94. The maximum atomic E-state index is 11.8. The molecule has 0 radical (unpaired) electrons. The molecule has 1 aliphatic rings. The average molecular weight is 268 g/mol. The Morgan fingerprint density at radius 1 is 1.47 bits per heavy atom. The number of esters is 1. The molecule has 108 valence electrons. The average Bonchev–Trinajstić information content (AvgIpc) is 2.86. The topological polar surface area (TPSA) is 63.6 Å². The van der Waals surface area contributed by atoms with Crippen molar-refractivity contribution in [2.45, 2.75) is 46.1 Å². The van der Waals surface area contributed by atoms with Gasteiger partial charge in [-0.25, -0.2) is 0 Å². The number of hydrogen-bond acceptors (Lipinski definition) is 4. The molecule has 0 heterocycles. The van der Waals surface area contributed by atoms with E-state index in [1.807, 2.05) is 6.08 Å². The molecule has 3 atom stereocenters. The molecule has 0 unspecified atom stereocenters. The van der Waals surface area contributed by atoms with Crippen LogP contribution in [0.4, 0.5) is 0 Å². The molecule has 0 bridgehead atoms. The summed E-state index contributed by atoms with van der Waals surface area (Å²) in [6, 6.07) is 0. The lowest BCUT2D eigenvalue weighted by Crippen LogP contribution is -2.24. The zero-order chi connectivity index (χ0) is 14.6. The number of carbonyl (C=O) groups is 2. The maximum Gasteiger partial charge on any atom is 0.302 e. The Hall–Kier alpha value is -1.16. The van der Waals surface area contributed by atoms with E-state index in [9.17, 15) is 9.59 Å². The summed E-state index contributed by atoms with van der Waals surface area (Å²) in [6.07, 6.45) is 2.53. The molecule has 0 aliphatic heterocycles. The highest BCUT2D eigenvalue weighted by atomic mass is 16.5. The van der Waals surface area contributed by atoms with E-state index in [1.54, 1.807) is 0 Å². The molecule has 0 aromatic heterocycles. The summed E-state index contributed by atoms with van der Waals surface area (Å²) in [7, 11) is 0. The Labute approximate surface area is 114 Å². The second-order valence-electron chi connectivity index (χ2n) is 5.83. The van der Waals surface area contributed by atoms with E-state index in [-0.39, 0.29) is 48.1 Å². The Balaban J connectivity index is 2.66. The number of rotatable bonds is 8. The zero-order valence-corrected chi connectivity index (χ0v) is 12.0. The third-order valence-corrected chi connectivity index (χ3v) is 4.01. The van der Waals surface area contributed by atoms with Crippen LogP contribution in [-0.4, -0.2) is 29.6 Å². The van der Waals surface area contributed by atoms with Crippen LogP contribution >= 0.6 is 0 Å². The van der Waals surface area contributed by atoms with Gasteiger partial charge >= 0.3 is 5.97 Å². The van der Waals surface area contributed by atoms with E-state index in [0.29, 0.717) is 12.8 Å². The number of ether oxygens (including phenoxy) is 1. The van der Waals surface area contributed by atoms with Crippen molar-refractivity contribution in [1.29, 1.82) is 0 Å². The molecule has 1 rings (SSSR count). The molecule has 1 saturated carbocycles. The second-order valence-corrected chi connectivity index (χ2v) is 5.83.